The Morgan fingerprint density at radius 2 is 2.00 bits per heavy atom. The molecule has 1 atom stereocenters. The molecular formula is C20H29N3O3. The summed E-state index contributed by atoms with van der Waals surface area (Å²) in [7, 11) is 0. The average molecular weight is 359 g/mol. The van der Waals surface area contributed by atoms with Crippen LogP contribution in [0.15, 0.2) is 28.8 Å². The normalized spacial score (nSPS) is 19.7. The summed E-state index contributed by atoms with van der Waals surface area (Å²) in [5, 5.41) is 4.14. The van der Waals surface area contributed by atoms with Crippen molar-refractivity contribution in [1.82, 2.24) is 15.0 Å². The third-order valence-electron chi connectivity index (χ3n) is 4.82. The van der Waals surface area contributed by atoms with Crippen molar-refractivity contribution in [2.45, 2.75) is 58.7 Å². The first kappa shape index (κ1) is 18.9. The molecule has 26 heavy (non-hydrogen) atoms. The first-order valence-electron chi connectivity index (χ1n) is 9.44. The van der Waals surface area contributed by atoms with E-state index >= 15 is 0 Å². The van der Waals surface area contributed by atoms with Crippen LogP contribution in [0.5, 0.6) is 5.75 Å². The van der Waals surface area contributed by atoms with Gasteiger partial charge >= 0.3 is 0 Å². The molecule has 0 spiro atoms. The van der Waals surface area contributed by atoms with Crippen LogP contribution in [-0.4, -0.2) is 46.4 Å². The van der Waals surface area contributed by atoms with Gasteiger partial charge in [0.15, 0.2) is 0 Å². The molecule has 6 heteroatoms. The predicted molar refractivity (Wildman–Crippen MR) is 100 cm³/mol. The Labute approximate surface area is 155 Å². The maximum atomic E-state index is 5.84. The van der Waals surface area contributed by atoms with Crippen molar-refractivity contribution in [2.75, 3.05) is 19.8 Å². The van der Waals surface area contributed by atoms with E-state index in [0.717, 1.165) is 37.3 Å². The van der Waals surface area contributed by atoms with E-state index in [1.54, 1.807) is 0 Å². The Balaban J connectivity index is 1.66. The van der Waals surface area contributed by atoms with Crippen molar-refractivity contribution < 1.29 is 14.0 Å². The molecule has 3 rings (SSSR count). The Kier molecular flexibility index (Phi) is 5.94. The predicted octanol–water partition coefficient (Wildman–Crippen LogP) is 3.91. The zero-order valence-corrected chi connectivity index (χ0v) is 16.2. The molecule has 0 bridgehead atoms. The SMILES string of the molecule is CCOc1ccc(-c2noc(CN(CC)C3CCOC(C)(C)C3)n2)cc1. The summed E-state index contributed by atoms with van der Waals surface area (Å²) in [6, 6.07) is 8.25. The van der Waals surface area contributed by atoms with Gasteiger partial charge in [0.05, 0.1) is 18.8 Å². The zero-order valence-electron chi connectivity index (χ0n) is 16.2. The second kappa shape index (κ2) is 8.18. The third kappa shape index (κ3) is 4.62. The molecule has 0 saturated carbocycles. The fourth-order valence-electron chi connectivity index (χ4n) is 3.49. The maximum Gasteiger partial charge on any atom is 0.241 e. The first-order chi connectivity index (χ1) is 12.5. The van der Waals surface area contributed by atoms with Crippen LogP contribution in [0.3, 0.4) is 0 Å². The lowest BCUT2D eigenvalue weighted by atomic mass is 9.93. The van der Waals surface area contributed by atoms with Gasteiger partial charge in [-0.3, -0.25) is 4.90 Å². The molecule has 6 nitrogen and oxygen atoms in total. The van der Waals surface area contributed by atoms with E-state index in [0.29, 0.717) is 30.9 Å². The van der Waals surface area contributed by atoms with E-state index in [2.05, 4.69) is 35.8 Å². The van der Waals surface area contributed by atoms with Crippen LogP contribution in [0.2, 0.25) is 0 Å². The van der Waals surface area contributed by atoms with Crippen LogP contribution in [0, 0.1) is 0 Å². The Hall–Kier alpha value is -1.92. The van der Waals surface area contributed by atoms with Crippen LogP contribution >= 0.6 is 0 Å². The number of nitrogens with zero attached hydrogens (tertiary/aromatic N) is 3. The summed E-state index contributed by atoms with van der Waals surface area (Å²) in [6.45, 7) is 11.5. The van der Waals surface area contributed by atoms with Crippen molar-refractivity contribution in [1.29, 1.82) is 0 Å². The van der Waals surface area contributed by atoms with Gasteiger partial charge < -0.3 is 14.0 Å². The number of ether oxygens (including phenoxy) is 2. The van der Waals surface area contributed by atoms with Crippen molar-refractivity contribution in [3.8, 4) is 17.1 Å². The van der Waals surface area contributed by atoms with Crippen molar-refractivity contribution in [2.24, 2.45) is 0 Å². The highest BCUT2D eigenvalue weighted by molar-refractivity contribution is 5.55. The summed E-state index contributed by atoms with van der Waals surface area (Å²) in [5.74, 6) is 2.12. The monoisotopic (exact) mass is 359 g/mol. The van der Waals surface area contributed by atoms with E-state index in [9.17, 15) is 0 Å². The van der Waals surface area contributed by atoms with Crippen molar-refractivity contribution >= 4 is 0 Å². The van der Waals surface area contributed by atoms with Crippen LogP contribution in [-0.2, 0) is 11.3 Å². The molecule has 0 radical (unpaired) electrons. The van der Waals surface area contributed by atoms with E-state index < -0.39 is 0 Å². The number of rotatable bonds is 7. The van der Waals surface area contributed by atoms with Crippen LogP contribution < -0.4 is 4.74 Å². The molecule has 1 aliphatic rings. The van der Waals surface area contributed by atoms with Gasteiger partial charge in [-0.2, -0.15) is 4.98 Å². The fourth-order valence-corrected chi connectivity index (χ4v) is 3.49. The van der Waals surface area contributed by atoms with Crippen LogP contribution in [0.1, 0.15) is 46.4 Å². The summed E-state index contributed by atoms with van der Waals surface area (Å²) < 4.78 is 16.8. The van der Waals surface area contributed by atoms with Crippen molar-refractivity contribution in [3.63, 3.8) is 0 Å². The molecule has 0 amide bonds. The minimum atomic E-state index is -0.0708. The van der Waals surface area contributed by atoms with Gasteiger partial charge in [0.2, 0.25) is 11.7 Å². The topological polar surface area (TPSA) is 60.6 Å². The van der Waals surface area contributed by atoms with Gasteiger partial charge in [-0.15, -0.1) is 0 Å². The third-order valence-corrected chi connectivity index (χ3v) is 4.82. The van der Waals surface area contributed by atoms with Gasteiger partial charge in [-0.1, -0.05) is 12.1 Å². The standard InChI is InChI=1S/C20H29N3O3/c1-5-23(16-11-12-25-20(3,4)13-16)14-18-21-19(22-26-18)15-7-9-17(10-8-15)24-6-2/h7-10,16H,5-6,11-14H2,1-4H3. The zero-order chi connectivity index (χ0) is 18.6. The molecule has 0 N–H and O–H groups in total. The lowest BCUT2D eigenvalue weighted by Crippen LogP contribution is -2.45. The lowest BCUT2D eigenvalue weighted by molar-refractivity contribution is -0.0848. The summed E-state index contributed by atoms with van der Waals surface area (Å²) in [6.07, 6.45) is 2.05. The molecule has 2 heterocycles. The highest BCUT2D eigenvalue weighted by Gasteiger charge is 2.32. The number of aromatic nitrogens is 2. The van der Waals surface area contributed by atoms with E-state index in [1.165, 1.54) is 0 Å². The largest absolute Gasteiger partial charge is 0.494 e. The Morgan fingerprint density at radius 3 is 2.65 bits per heavy atom. The quantitative estimate of drug-likeness (QED) is 0.747. The summed E-state index contributed by atoms with van der Waals surface area (Å²) in [4.78, 5) is 6.99. The first-order valence-corrected chi connectivity index (χ1v) is 9.44. The van der Waals surface area contributed by atoms with Gasteiger partial charge in [0, 0.05) is 18.2 Å². The molecule has 0 aliphatic carbocycles. The van der Waals surface area contributed by atoms with Crippen LogP contribution in [0.4, 0.5) is 0 Å². The van der Waals surface area contributed by atoms with Gasteiger partial charge in [0.1, 0.15) is 5.75 Å². The molecule has 1 saturated heterocycles. The maximum absolute atomic E-state index is 5.84. The fraction of sp³-hybridized carbons (Fsp3) is 0.600. The molecule has 1 fully saturated rings. The Morgan fingerprint density at radius 1 is 1.23 bits per heavy atom. The second-order valence-corrected chi connectivity index (χ2v) is 7.29. The number of benzene rings is 1. The molecule has 1 aromatic heterocycles. The van der Waals surface area contributed by atoms with Crippen molar-refractivity contribution in [3.05, 3.63) is 30.2 Å². The highest BCUT2D eigenvalue weighted by atomic mass is 16.5. The van der Waals surface area contributed by atoms with Gasteiger partial charge in [-0.25, -0.2) is 0 Å². The number of hydrogen-bond acceptors (Lipinski definition) is 6. The van der Waals surface area contributed by atoms with E-state index in [4.69, 9.17) is 14.0 Å². The minimum Gasteiger partial charge on any atom is -0.494 e. The molecule has 2 aromatic rings. The summed E-state index contributed by atoms with van der Waals surface area (Å²) >= 11 is 0. The minimum absolute atomic E-state index is 0.0708. The molecule has 1 aromatic carbocycles. The molecule has 1 unspecified atom stereocenters. The Bertz CT molecular complexity index is 697. The average Bonchev–Trinajstić information content (AvgIpc) is 3.08. The lowest BCUT2D eigenvalue weighted by Gasteiger charge is -2.40. The molecule has 142 valence electrons. The van der Waals surface area contributed by atoms with E-state index in [-0.39, 0.29) is 5.60 Å². The van der Waals surface area contributed by atoms with Gasteiger partial charge in [-0.05, 0) is 64.4 Å². The second-order valence-electron chi connectivity index (χ2n) is 7.29. The van der Waals surface area contributed by atoms with Crippen LogP contribution in [0.25, 0.3) is 11.4 Å². The molecular weight excluding hydrogens is 330 g/mol. The van der Waals surface area contributed by atoms with Gasteiger partial charge in [0.25, 0.3) is 0 Å². The smallest absolute Gasteiger partial charge is 0.241 e. The van der Waals surface area contributed by atoms with E-state index in [1.807, 2.05) is 31.2 Å². The highest BCUT2D eigenvalue weighted by Crippen LogP contribution is 2.28. The number of hydrogen-bond donors (Lipinski definition) is 0. The summed E-state index contributed by atoms with van der Waals surface area (Å²) in [5.41, 5.74) is 0.859. The molecule has 1 aliphatic heterocycles.